The Labute approximate surface area is 101 Å². The molecule has 0 aliphatic carbocycles. The van der Waals surface area contributed by atoms with E-state index in [9.17, 15) is 4.79 Å². The smallest absolute Gasteiger partial charge is 0.276 e. The van der Waals surface area contributed by atoms with E-state index in [0.29, 0.717) is 16.6 Å². The van der Waals surface area contributed by atoms with Crippen LogP contribution in [0.3, 0.4) is 0 Å². The number of hydrogen-bond donors (Lipinski definition) is 3. The van der Waals surface area contributed by atoms with E-state index in [0.717, 1.165) is 11.5 Å². The number of amides is 1. The highest BCUT2D eigenvalue weighted by Gasteiger charge is 2.09. The van der Waals surface area contributed by atoms with E-state index in [4.69, 9.17) is 5.84 Å². The van der Waals surface area contributed by atoms with Gasteiger partial charge < -0.3 is 5.43 Å². The number of anilines is 2. The molecule has 1 amide bonds. The summed E-state index contributed by atoms with van der Waals surface area (Å²) in [4.78, 5) is 19.7. The third-order valence-electron chi connectivity index (χ3n) is 1.91. The van der Waals surface area contributed by atoms with Gasteiger partial charge in [-0.2, -0.15) is 4.37 Å². The highest BCUT2D eigenvalue weighted by atomic mass is 32.1. The Morgan fingerprint density at radius 1 is 1.47 bits per heavy atom. The van der Waals surface area contributed by atoms with E-state index in [2.05, 4.69) is 25.1 Å². The number of nitrogen functional groups attached to an aromatic ring is 1. The zero-order chi connectivity index (χ0) is 12.3. The molecule has 2 rings (SSSR count). The average molecular weight is 250 g/mol. The maximum Gasteiger partial charge on any atom is 0.276 e. The van der Waals surface area contributed by atoms with Crippen molar-refractivity contribution in [1.82, 2.24) is 14.3 Å². The van der Waals surface area contributed by atoms with Crippen molar-refractivity contribution >= 4 is 28.3 Å². The summed E-state index contributed by atoms with van der Waals surface area (Å²) in [6.07, 6.45) is 1.47. The fraction of sp³-hybridized carbons (Fsp3) is 0.111. The zero-order valence-corrected chi connectivity index (χ0v) is 9.78. The van der Waals surface area contributed by atoms with Crippen LogP contribution in [0, 0.1) is 6.92 Å². The fourth-order valence-electron chi connectivity index (χ4n) is 1.12. The minimum atomic E-state index is -0.329. The Hall–Kier alpha value is -2.06. The van der Waals surface area contributed by atoms with Gasteiger partial charge in [-0.15, -0.1) is 0 Å². The van der Waals surface area contributed by atoms with Crippen molar-refractivity contribution in [3.8, 4) is 0 Å². The van der Waals surface area contributed by atoms with Gasteiger partial charge in [0.2, 0.25) is 5.13 Å². The van der Waals surface area contributed by atoms with Gasteiger partial charge in [0.05, 0.1) is 11.9 Å². The average Bonchev–Trinajstić information content (AvgIpc) is 2.75. The summed E-state index contributed by atoms with van der Waals surface area (Å²) < 4.78 is 3.96. The highest BCUT2D eigenvalue weighted by Crippen LogP contribution is 2.12. The first-order valence-corrected chi connectivity index (χ1v) is 5.50. The van der Waals surface area contributed by atoms with Crippen molar-refractivity contribution in [3.63, 3.8) is 0 Å². The summed E-state index contributed by atoms with van der Waals surface area (Å²) in [5.41, 5.74) is 3.35. The van der Waals surface area contributed by atoms with Crippen molar-refractivity contribution < 1.29 is 4.79 Å². The molecule has 2 aromatic rings. The first kappa shape index (κ1) is 11.4. The van der Waals surface area contributed by atoms with Crippen molar-refractivity contribution in [2.75, 3.05) is 10.7 Å². The van der Waals surface area contributed by atoms with Crippen molar-refractivity contribution in [2.45, 2.75) is 6.92 Å². The maximum absolute atomic E-state index is 11.7. The molecule has 0 fully saturated rings. The van der Waals surface area contributed by atoms with Gasteiger partial charge in [0.15, 0.2) is 0 Å². The van der Waals surface area contributed by atoms with Crippen LogP contribution >= 0.6 is 11.5 Å². The molecule has 0 unspecified atom stereocenters. The minimum Gasteiger partial charge on any atom is -0.323 e. The number of aryl methyl sites for hydroxylation is 1. The van der Waals surface area contributed by atoms with Crippen LogP contribution in [0.2, 0.25) is 0 Å². The molecule has 17 heavy (non-hydrogen) atoms. The molecular formula is C9H10N6OS. The maximum atomic E-state index is 11.7. The second kappa shape index (κ2) is 4.85. The third-order valence-corrected chi connectivity index (χ3v) is 2.63. The Kier molecular flexibility index (Phi) is 3.26. The van der Waals surface area contributed by atoms with Gasteiger partial charge in [-0.25, -0.2) is 9.97 Å². The third kappa shape index (κ3) is 2.74. The molecule has 0 spiro atoms. The second-order valence-corrected chi connectivity index (χ2v) is 3.93. The van der Waals surface area contributed by atoms with Crippen LogP contribution in [0.15, 0.2) is 18.3 Å². The van der Waals surface area contributed by atoms with Gasteiger partial charge in [0, 0.05) is 11.5 Å². The molecule has 4 N–H and O–H groups in total. The molecule has 0 saturated heterocycles. The topological polar surface area (TPSA) is 106 Å². The number of nitrogens with two attached hydrogens (primary N) is 1. The molecule has 2 heterocycles. The van der Waals surface area contributed by atoms with Crippen LogP contribution in [-0.2, 0) is 0 Å². The highest BCUT2D eigenvalue weighted by molar-refractivity contribution is 7.09. The van der Waals surface area contributed by atoms with Crippen LogP contribution in [0.25, 0.3) is 0 Å². The molecule has 0 atom stereocenters. The van der Waals surface area contributed by atoms with Crippen molar-refractivity contribution in [3.05, 3.63) is 29.8 Å². The summed E-state index contributed by atoms with van der Waals surface area (Å²) in [5.74, 6) is 5.49. The Morgan fingerprint density at radius 3 is 2.82 bits per heavy atom. The predicted octanol–water partition coefficient (Wildman–Crippen LogP) is 0.779. The number of nitrogens with zero attached hydrogens (tertiary/aromatic N) is 3. The van der Waals surface area contributed by atoms with Crippen molar-refractivity contribution in [2.24, 2.45) is 5.84 Å². The van der Waals surface area contributed by atoms with Crippen LogP contribution in [0.4, 0.5) is 10.8 Å². The summed E-state index contributed by atoms with van der Waals surface area (Å²) >= 11 is 1.13. The molecule has 0 aliphatic heterocycles. The van der Waals surface area contributed by atoms with Crippen LogP contribution < -0.4 is 16.6 Å². The lowest BCUT2D eigenvalue weighted by molar-refractivity contribution is 0.102. The van der Waals surface area contributed by atoms with Crippen LogP contribution in [-0.4, -0.2) is 20.2 Å². The first-order valence-electron chi connectivity index (χ1n) is 4.73. The lowest BCUT2D eigenvalue weighted by Crippen LogP contribution is -2.14. The Morgan fingerprint density at radius 2 is 2.29 bits per heavy atom. The molecule has 2 aromatic heterocycles. The van der Waals surface area contributed by atoms with Gasteiger partial charge in [0.1, 0.15) is 11.5 Å². The molecule has 7 nitrogen and oxygen atoms in total. The molecule has 8 heteroatoms. The SMILES string of the molecule is Cc1nsc(NC(=O)c2ccc(NN)cn2)n1. The van der Waals surface area contributed by atoms with Gasteiger partial charge in [0.25, 0.3) is 5.91 Å². The van der Waals surface area contributed by atoms with Crippen LogP contribution in [0.1, 0.15) is 16.3 Å². The number of aromatic nitrogens is 3. The number of hydrogen-bond acceptors (Lipinski definition) is 7. The van der Waals surface area contributed by atoms with Crippen molar-refractivity contribution in [1.29, 1.82) is 0 Å². The Balaban J connectivity index is 2.09. The zero-order valence-electron chi connectivity index (χ0n) is 8.97. The monoisotopic (exact) mass is 250 g/mol. The number of rotatable bonds is 3. The summed E-state index contributed by atoms with van der Waals surface area (Å²) in [7, 11) is 0. The Bertz CT molecular complexity index is 523. The van der Waals surface area contributed by atoms with Gasteiger partial charge in [-0.3, -0.25) is 16.0 Å². The van der Waals surface area contributed by atoms with E-state index in [1.165, 1.54) is 6.20 Å². The quantitative estimate of drug-likeness (QED) is 0.549. The number of carbonyl (C=O) groups is 1. The van der Waals surface area contributed by atoms with Crippen LogP contribution in [0.5, 0.6) is 0 Å². The van der Waals surface area contributed by atoms with E-state index in [-0.39, 0.29) is 11.6 Å². The van der Waals surface area contributed by atoms with Gasteiger partial charge in [-0.1, -0.05) is 0 Å². The van der Waals surface area contributed by atoms with Gasteiger partial charge in [-0.05, 0) is 19.1 Å². The number of carbonyl (C=O) groups excluding carboxylic acids is 1. The van der Waals surface area contributed by atoms with E-state index < -0.39 is 0 Å². The normalized spacial score (nSPS) is 10.0. The lowest BCUT2D eigenvalue weighted by atomic mass is 10.3. The standard InChI is InChI=1S/C9H10N6OS/c1-5-12-9(17-15-5)13-8(16)7-3-2-6(14-10)4-11-7/h2-4,14H,10H2,1H3,(H,12,13,15,16). The number of pyridine rings is 1. The molecule has 0 saturated carbocycles. The van der Waals surface area contributed by atoms with E-state index in [1.807, 2.05) is 0 Å². The number of hydrazine groups is 1. The predicted molar refractivity (Wildman–Crippen MR) is 64.6 cm³/mol. The van der Waals surface area contributed by atoms with Gasteiger partial charge >= 0.3 is 0 Å². The molecule has 0 radical (unpaired) electrons. The molecule has 88 valence electrons. The molecular weight excluding hydrogens is 240 g/mol. The lowest BCUT2D eigenvalue weighted by Gasteiger charge is -2.02. The largest absolute Gasteiger partial charge is 0.323 e. The molecule has 0 aromatic carbocycles. The fourth-order valence-corrected chi connectivity index (χ4v) is 1.69. The first-order chi connectivity index (χ1) is 8.19. The summed E-state index contributed by atoms with van der Waals surface area (Å²) in [6, 6.07) is 3.23. The van der Waals surface area contributed by atoms with E-state index >= 15 is 0 Å². The summed E-state index contributed by atoms with van der Waals surface area (Å²) in [6.45, 7) is 1.76. The van der Waals surface area contributed by atoms with E-state index in [1.54, 1.807) is 19.1 Å². The molecule has 0 aliphatic rings. The minimum absolute atomic E-state index is 0.289. The second-order valence-electron chi connectivity index (χ2n) is 3.18. The molecule has 0 bridgehead atoms. The number of nitrogens with one attached hydrogen (secondary N) is 2. The summed E-state index contributed by atoms with van der Waals surface area (Å²) in [5, 5.41) is 3.06.